The lowest BCUT2D eigenvalue weighted by molar-refractivity contribution is -0.114. The third-order valence-corrected chi connectivity index (χ3v) is 3.91. The van der Waals surface area contributed by atoms with Crippen LogP contribution in [0.2, 0.25) is 0 Å². The molecule has 0 bridgehead atoms. The van der Waals surface area contributed by atoms with Crippen LogP contribution in [-0.2, 0) is 9.53 Å². The highest BCUT2D eigenvalue weighted by atomic mass is 19.1. The molecule has 148 valence electrons. The molecule has 2 rings (SSSR count). The number of ketones is 1. The first-order chi connectivity index (χ1) is 13.3. The first-order valence-corrected chi connectivity index (χ1v) is 8.27. The third-order valence-electron chi connectivity index (χ3n) is 3.91. The van der Waals surface area contributed by atoms with Gasteiger partial charge in [0.1, 0.15) is 17.3 Å². The molecule has 0 saturated carbocycles. The summed E-state index contributed by atoms with van der Waals surface area (Å²) in [5.41, 5.74) is 0.811. The van der Waals surface area contributed by atoms with Gasteiger partial charge in [0.2, 0.25) is 11.7 Å². The van der Waals surface area contributed by atoms with Gasteiger partial charge in [-0.2, -0.15) is 0 Å². The maximum Gasteiger partial charge on any atom is 0.338 e. The van der Waals surface area contributed by atoms with Crippen molar-refractivity contribution >= 4 is 23.3 Å². The molecule has 2 aromatic rings. The van der Waals surface area contributed by atoms with E-state index in [0.717, 1.165) is 6.07 Å². The van der Waals surface area contributed by atoms with Gasteiger partial charge >= 0.3 is 5.97 Å². The molecule has 28 heavy (non-hydrogen) atoms. The number of rotatable bonds is 7. The average molecular weight is 389 g/mol. The normalized spacial score (nSPS) is 10.2. The summed E-state index contributed by atoms with van der Waals surface area (Å²) < 4.78 is 29.5. The molecule has 0 spiro atoms. The molecule has 0 radical (unpaired) electrons. The van der Waals surface area contributed by atoms with Gasteiger partial charge < -0.3 is 19.5 Å². The van der Waals surface area contributed by atoms with Gasteiger partial charge in [0, 0.05) is 18.2 Å². The number of amides is 1. The van der Waals surface area contributed by atoms with E-state index in [9.17, 15) is 18.8 Å². The van der Waals surface area contributed by atoms with Gasteiger partial charge in [-0.1, -0.05) is 0 Å². The van der Waals surface area contributed by atoms with E-state index in [1.807, 2.05) is 0 Å². The fraction of sp³-hybridized carbons (Fsp3) is 0.250. The van der Waals surface area contributed by atoms with Crippen LogP contribution in [0.5, 0.6) is 11.5 Å². The maximum atomic E-state index is 14.1. The zero-order chi connectivity index (χ0) is 20.8. The molecule has 8 heteroatoms. The zero-order valence-electron chi connectivity index (χ0n) is 15.9. The molecule has 0 aliphatic carbocycles. The van der Waals surface area contributed by atoms with E-state index in [-0.39, 0.29) is 22.7 Å². The number of esters is 1. The molecule has 0 unspecified atom stereocenters. The number of hydrogen-bond donors (Lipinski definition) is 1. The van der Waals surface area contributed by atoms with Crippen molar-refractivity contribution in [2.45, 2.75) is 13.8 Å². The van der Waals surface area contributed by atoms with Crippen molar-refractivity contribution < 1.29 is 33.0 Å². The average Bonchev–Trinajstić information content (AvgIpc) is 2.65. The largest absolute Gasteiger partial charge is 0.496 e. The number of anilines is 1. The van der Waals surface area contributed by atoms with E-state index in [1.54, 1.807) is 6.92 Å². The highest BCUT2D eigenvalue weighted by Crippen LogP contribution is 2.29. The number of Topliss-reactive ketones (excluding diaryl/α,β-unsaturated/α-hetero) is 1. The second-order valence-electron chi connectivity index (χ2n) is 5.88. The number of halogens is 1. The van der Waals surface area contributed by atoms with Crippen LogP contribution in [-0.4, -0.2) is 38.5 Å². The molecular formula is C20H20FNO6. The Kier molecular flexibility index (Phi) is 6.70. The van der Waals surface area contributed by atoms with Gasteiger partial charge in [0.25, 0.3) is 0 Å². The molecule has 1 N–H and O–H groups in total. The van der Waals surface area contributed by atoms with E-state index >= 15 is 0 Å². The van der Waals surface area contributed by atoms with Gasteiger partial charge in [0.15, 0.2) is 6.61 Å². The number of ether oxygens (including phenoxy) is 3. The van der Waals surface area contributed by atoms with E-state index in [0.29, 0.717) is 17.1 Å². The molecule has 1 amide bonds. The lowest BCUT2D eigenvalue weighted by Crippen LogP contribution is -2.16. The van der Waals surface area contributed by atoms with Crippen LogP contribution in [0.15, 0.2) is 30.3 Å². The van der Waals surface area contributed by atoms with E-state index < -0.39 is 24.2 Å². The van der Waals surface area contributed by atoms with Crippen LogP contribution in [0.1, 0.15) is 33.2 Å². The second kappa shape index (κ2) is 8.98. The van der Waals surface area contributed by atoms with Crippen LogP contribution in [0, 0.1) is 12.7 Å². The van der Waals surface area contributed by atoms with Crippen molar-refractivity contribution in [1.82, 2.24) is 0 Å². The number of hydrogen-bond acceptors (Lipinski definition) is 6. The smallest absolute Gasteiger partial charge is 0.338 e. The summed E-state index contributed by atoms with van der Waals surface area (Å²) in [6.07, 6.45) is 0. The molecule has 0 heterocycles. The first kappa shape index (κ1) is 20.9. The van der Waals surface area contributed by atoms with Gasteiger partial charge in [-0.15, -0.1) is 0 Å². The maximum absolute atomic E-state index is 14.1. The van der Waals surface area contributed by atoms with Crippen LogP contribution < -0.4 is 14.8 Å². The van der Waals surface area contributed by atoms with Crippen LogP contribution in [0.4, 0.5) is 10.1 Å². The summed E-state index contributed by atoms with van der Waals surface area (Å²) in [6, 6.07) is 6.55. The Bertz CT molecular complexity index is 900. The minimum Gasteiger partial charge on any atom is -0.496 e. The molecule has 0 saturated heterocycles. The monoisotopic (exact) mass is 389 g/mol. The van der Waals surface area contributed by atoms with Crippen LogP contribution in [0.25, 0.3) is 0 Å². The van der Waals surface area contributed by atoms with Crippen molar-refractivity contribution in [3.8, 4) is 11.5 Å². The quantitative estimate of drug-likeness (QED) is 0.578. The van der Waals surface area contributed by atoms with Crippen molar-refractivity contribution in [3.05, 3.63) is 52.8 Å². The fourth-order valence-corrected chi connectivity index (χ4v) is 2.52. The highest BCUT2D eigenvalue weighted by Gasteiger charge is 2.18. The van der Waals surface area contributed by atoms with Gasteiger partial charge in [-0.05, 0) is 37.3 Å². The summed E-state index contributed by atoms with van der Waals surface area (Å²) in [5, 5.41) is 2.41. The van der Waals surface area contributed by atoms with Gasteiger partial charge in [-0.25, -0.2) is 9.18 Å². The number of carbonyl (C=O) groups is 3. The van der Waals surface area contributed by atoms with E-state index in [2.05, 4.69) is 5.32 Å². The molecule has 2 aromatic carbocycles. The summed E-state index contributed by atoms with van der Waals surface area (Å²) in [6.45, 7) is 2.41. The molecule has 0 fully saturated rings. The Morgan fingerprint density at radius 3 is 2.14 bits per heavy atom. The molecule has 0 aliphatic heterocycles. The standard InChI is InChI=1S/C20H20FNO6/c1-11-18(26-3)7-13(8-19(11)27-4)20(25)28-10-17(24)15-6-5-14(9-16(15)21)22-12(2)23/h5-9H,10H2,1-4H3,(H,22,23). The van der Waals surface area contributed by atoms with Gasteiger partial charge in [-0.3, -0.25) is 9.59 Å². The highest BCUT2D eigenvalue weighted by molar-refractivity contribution is 6.00. The van der Waals surface area contributed by atoms with Gasteiger partial charge in [0.05, 0.1) is 25.3 Å². The topological polar surface area (TPSA) is 90.9 Å². The summed E-state index contributed by atoms with van der Waals surface area (Å²) >= 11 is 0. The molecule has 0 atom stereocenters. The van der Waals surface area contributed by atoms with Crippen molar-refractivity contribution in [3.63, 3.8) is 0 Å². The molecular weight excluding hydrogens is 369 g/mol. The molecule has 7 nitrogen and oxygen atoms in total. The number of carbonyl (C=O) groups excluding carboxylic acids is 3. The first-order valence-electron chi connectivity index (χ1n) is 8.27. The minimum absolute atomic E-state index is 0.133. The Balaban J connectivity index is 2.10. The lowest BCUT2D eigenvalue weighted by atomic mass is 10.1. The summed E-state index contributed by atoms with van der Waals surface area (Å²) in [7, 11) is 2.90. The second-order valence-corrected chi connectivity index (χ2v) is 5.88. The Hall–Kier alpha value is -3.42. The zero-order valence-corrected chi connectivity index (χ0v) is 15.9. The summed E-state index contributed by atoms with van der Waals surface area (Å²) in [4.78, 5) is 35.4. The molecule has 0 aliphatic rings. The van der Waals surface area contributed by atoms with E-state index in [1.165, 1.54) is 45.4 Å². The van der Waals surface area contributed by atoms with Crippen molar-refractivity contribution in [1.29, 1.82) is 0 Å². The Labute approximate surface area is 161 Å². The fourth-order valence-electron chi connectivity index (χ4n) is 2.52. The van der Waals surface area contributed by atoms with Crippen LogP contribution >= 0.6 is 0 Å². The summed E-state index contributed by atoms with van der Waals surface area (Å²) in [5.74, 6) is -1.83. The predicted molar refractivity (Wildman–Crippen MR) is 99.6 cm³/mol. The number of benzene rings is 2. The SMILES string of the molecule is COc1cc(C(=O)OCC(=O)c2ccc(NC(C)=O)cc2F)cc(OC)c1C. The van der Waals surface area contributed by atoms with Crippen LogP contribution in [0.3, 0.4) is 0 Å². The predicted octanol–water partition coefficient (Wildman–Crippen LogP) is 3.15. The van der Waals surface area contributed by atoms with Crippen molar-refractivity contribution in [2.75, 3.05) is 26.1 Å². The number of methoxy groups -OCH3 is 2. The lowest BCUT2D eigenvalue weighted by Gasteiger charge is -2.12. The third kappa shape index (κ3) is 4.85. The Morgan fingerprint density at radius 1 is 1.04 bits per heavy atom. The minimum atomic E-state index is -0.828. The van der Waals surface area contributed by atoms with E-state index in [4.69, 9.17) is 14.2 Å². The van der Waals surface area contributed by atoms with Crippen molar-refractivity contribution in [2.24, 2.45) is 0 Å². The Morgan fingerprint density at radius 2 is 1.64 bits per heavy atom. The number of nitrogens with one attached hydrogen (secondary N) is 1. The molecule has 0 aromatic heterocycles.